The molecule has 0 unspecified atom stereocenters. The second-order valence-corrected chi connectivity index (χ2v) is 9.82. The van der Waals surface area contributed by atoms with Crippen molar-refractivity contribution in [1.29, 1.82) is 0 Å². The minimum atomic E-state index is -3.22. The fourth-order valence-electron chi connectivity index (χ4n) is 3.75. The molecule has 1 N–H and O–H groups in total. The van der Waals surface area contributed by atoms with Gasteiger partial charge in [0.1, 0.15) is 0 Å². The molecule has 1 aliphatic rings. The van der Waals surface area contributed by atoms with Gasteiger partial charge in [-0.1, -0.05) is 37.6 Å². The Morgan fingerprint density at radius 2 is 1.62 bits per heavy atom. The number of carbonyl (C=O) groups is 1. The number of amides is 1. The lowest BCUT2D eigenvalue weighted by atomic mass is 10.0. The van der Waals surface area contributed by atoms with Crippen LogP contribution >= 0.6 is 0 Å². The number of rotatable bonds is 7. The number of sulfone groups is 1. The molecule has 1 aliphatic heterocycles. The predicted molar refractivity (Wildman–Crippen MR) is 116 cm³/mol. The first-order chi connectivity index (χ1) is 13.9. The number of hydrogen-bond donors (Lipinski definition) is 1. The molecule has 1 amide bonds. The Labute approximate surface area is 174 Å². The Hall–Kier alpha value is -2.18. The molecular formula is C23H30N2O3S. The van der Waals surface area contributed by atoms with Gasteiger partial charge in [0.05, 0.1) is 10.9 Å². The van der Waals surface area contributed by atoms with E-state index in [1.165, 1.54) is 31.1 Å². The summed E-state index contributed by atoms with van der Waals surface area (Å²) in [5, 5.41) is 3.06. The number of nitrogens with zero attached hydrogens (tertiary/aromatic N) is 1. The highest BCUT2D eigenvalue weighted by molar-refractivity contribution is 7.90. The van der Waals surface area contributed by atoms with Crippen molar-refractivity contribution < 1.29 is 13.2 Å². The van der Waals surface area contributed by atoms with Crippen LogP contribution < -0.4 is 5.32 Å². The molecule has 6 heteroatoms. The maximum absolute atomic E-state index is 12.7. The number of likely N-dealkylation sites (tertiary alicyclic amines) is 1. The van der Waals surface area contributed by atoms with Crippen molar-refractivity contribution >= 4 is 15.7 Å². The molecule has 0 radical (unpaired) electrons. The summed E-state index contributed by atoms with van der Waals surface area (Å²) in [5.74, 6) is -0.117. The van der Waals surface area contributed by atoms with E-state index >= 15 is 0 Å². The van der Waals surface area contributed by atoms with Crippen LogP contribution in [0.4, 0.5) is 0 Å². The Kier molecular flexibility index (Phi) is 7.09. The van der Waals surface area contributed by atoms with E-state index in [-0.39, 0.29) is 16.8 Å². The molecule has 0 aromatic heterocycles. The molecule has 29 heavy (non-hydrogen) atoms. The second-order valence-electron chi connectivity index (χ2n) is 7.81. The lowest BCUT2D eigenvalue weighted by Crippen LogP contribution is -2.29. The van der Waals surface area contributed by atoms with Gasteiger partial charge in [-0.2, -0.15) is 0 Å². The monoisotopic (exact) mass is 414 g/mol. The van der Waals surface area contributed by atoms with E-state index in [0.717, 1.165) is 31.6 Å². The number of piperidine rings is 1. The molecular weight excluding hydrogens is 384 g/mol. The van der Waals surface area contributed by atoms with E-state index in [9.17, 15) is 13.2 Å². The van der Waals surface area contributed by atoms with Crippen molar-refractivity contribution in [3.63, 3.8) is 0 Å². The van der Waals surface area contributed by atoms with Crippen molar-refractivity contribution in [2.45, 2.75) is 50.1 Å². The molecule has 0 saturated carbocycles. The SMILES string of the molecule is CC[C@H](NC(=O)c1ccc(CN2CCCCC2)cc1)c1ccc(S(C)(=O)=O)cc1. The summed E-state index contributed by atoms with van der Waals surface area (Å²) in [6, 6.07) is 14.4. The zero-order chi connectivity index (χ0) is 20.9. The third kappa shape index (κ3) is 5.90. The number of hydrogen-bond acceptors (Lipinski definition) is 4. The number of nitrogens with one attached hydrogen (secondary N) is 1. The van der Waals surface area contributed by atoms with Gasteiger partial charge < -0.3 is 5.32 Å². The summed E-state index contributed by atoms with van der Waals surface area (Å²) in [5.41, 5.74) is 2.76. The minimum Gasteiger partial charge on any atom is -0.345 e. The molecule has 1 saturated heterocycles. The van der Waals surface area contributed by atoms with Gasteiger partial charge in [-0.25, -0.2) is 8.42 Å². The van der Waals surface area contributed by atoms with Crippen molar-refractivity contribution in [2.75, 3.05) is 19.3 Å². The van der Waals surface area contributed by atoms with Crippen LogP contribution in [0.3, 0.4) is 0 Å². The van der Waals surface area contributed by atoms with Gasteiger partial charge >= 0.3 is 0 Å². The van der Waals surface area contributed by atoms with Crippen molar-refractivity contribution in [1.82, 2.24) is 10.2 Å². The molecule has 0 spiro atoms. The maximum atomic E-state index is 12.7. The Morgan fingerprint density at radius 1 is 1.00 bits per heavy atom. The van der Waals surface area contributed by atoms with Crippen molar-refractivity contribution in [3.8, 4) is 0 Å². The Bertz CT molecular complexity index is 916. The first kappa shape index (κ1) is 21.5. The second kappa shape index (κ2) is 9.55. The Balaban J connectivity index is 1.63. The topological polar surface area (TPSA) is 66.5 Å². The predicted octanol–water partition coefficient (Wildman–Crippen LogP) is 3.96. The van der Waals surface area contributed by atoms with Crippen LogP contribution in [0.25, 0.3) is 0 Å². The summed E-state index contributed by atoms with van der Waals surface area (Å²) < 4.78 is 23.3. The molecule has 2 aromatic rings. The highest BCUT2D eigenvalue weighted by Crippen LogP contribution is 2.20. The van der Waals surface area contributed by atoms with E-state index in [2.05, 4.69) is 10.2 Å². The quantitative estimate of drug-likeness (QED) is 0.745. The molecule has 0 aliphatic carbocycles. The highest BCUT2D eigenvalue weighted by atomic mass is 32.2. The van der Waals surface area contributed by atoms with Gasteiger partial charge in [-0.05, 0) is 67.7 Å². The van der Waals surface area contributed by atoms with Crippen LogP contribution in [-0.2, 0) is 16.4 Å². The molecule has 1 fully saturated rings. The third-order valence-electron chi connectivity index (χ3n) is 5.50. The van der Waals surface area contributed by atoms with Gasteiger partial charge in [-0.3, -0.25) is 9.69 Å². The van der Waals surface area contributed by atoms with Crippen LogP contribution in [0, 0.1) is 0 Å². The molecule has 3 rings (SSSR count). The molecule has 156 valence electrons. The average molecular weight is 415 g/mol. The van der Waals surface area contributed by atoms with Gasteiger partial charge in [0.15, 0.2) is 9.84 Å². The van der Waals surface area contributed by atoms with Crippen molar-refractivity contribution in [3.05, 3.63) is 65.2 Å². The summed E-state index contributed by atoms with van der Waals surface area (Å²) in [4.78, 5) is 15.4. The maximum Gasteiger partial charge on any atom is 0.251 e. The largest absolute Gasteiger partial charge is 0.345 e. The summed E-state index contributed by atoms with van der Waals surface area (Å²) in [6.07, 6.45) is 5.77. The number of carbonyl (C=O) groups excluding carboxylic acids is 1. The molecule has 1 atom stereocenters. The average Bonchev–Trinajstić information content (AvgIpc) is 2.72. The van der Waals surface area contributed by atoms with Crippen LogP contribution in [0.5, 0.6) is 0 Å². The summed E-state index contributed by atoms with van der Waals surface area (Å²) in [6.45, 7) is 5.24. The number of benzene rings is 2. The van der Waals surface area contributed by atoms with E-state index in [4.69, 9.17) is 0 Å². The van der Waals surface area contributed by atoms with E-state index < -0.39 is 9.84 Å². The minimum absolute atomic E-state index is 0.117. The zero-order valence-corrected chi connectivity index (χ0v) is 18.0. The standard InChI is InChI=1S/C23H30N2O3S/c1-3-22(19-11-13-21(14-12-19)29(2,27)28)24-23(26)20-9-7-18(8-10-20)17-25-15-5-4-6-16-25/h7-14,22H,3-6,15-17H2,1-2H3,(H,24,26)/t22-/m0/s1. The smallest absolute Gasteiger partial charge is 0.251 e. The lowest BCUT2D eigenvalue weighted by molar-refractivity contribution is 0.0935. The molecule has 0 bridgehead atoms. The first-order valence-corrected chi connectivity index (χ1v) is 12.2. The fraction of sp³-hybridized carbons (Fsp3) is 0.435. The van der Waals surface area contributed by atoms with E-state index in [1.54, 1.807) is 24.3 Å². The van der Waals surface area contributed by atoms with Gasteiger partial charge in [0, 0.05) is 18.4 Å². The van der Waals surface area contributed by atoms with Gasteiger partial charge in [0.2, 0.25) is 0 Å². The highest BCUT2D eigenvalue weighted by Gasteiger charge is 2.16. The van der Waals surface area contributed by atoms with Gasteiger partial charge in [-0.15, -0.1) is 0 Å². The van der Waals surface area contributed by atoms with Crippen molar-refractivity contribution in [2.24, 2.45) is 0 Å². The Morgan fingerprint density at radius 3 is 2.17 bits per heavy atom. The molecule has 5 nitrogen and oxygen atoms in total. The first-order valence-electron chi connectivity index (χ1n) is 10.3. The van der Waals surface area contributed by atoms with E-state index in [0.29, 0.717) is 5.56 Å². The fourth-order valence-corrected chi connectivity index (χ4v) is 4.38. The zero-order valence-electron chi connectivity index (χ0n) is 17.2. The van der Waals surface area contributed by atoms with Crippen LogP contribution in [-0.4, -0.2) is 38.6 Å². The normalized spacial score (nSPS) is 16.3. The van der Waals surface area contributed by atoms with E-state index in [1.807, 2.05) is 31.2 Å². The summed E-state index contributed by atoms with van der Waals surface area (Å²) in [7, 11) is -3.22. The third-order valence-corrected chi connectivity index (χ3v) is 6.62. The lowest BCUT2D eigenvalue weighted by Gasteiger charge is -2.26. The summed E-state index contributed by atoms with van der Waals surface area (Å²) >= 11 is 0. The molecule has 1 heterocycles. The van der Waals surface area contributed by atoms with Gasteiger partial charge in [0.25, 0.3) is 5.91 Å². The van der Waals surface area contributed by atoms with Crippen LogP contribution in [0.15, 0.2) is 53.4 Å². The molecule has 2 aromatic carbocycles. The van der Waals surface area contributed by atoms with Crippen LogP contribution in [0.2, 0.25) is 0 Å². The van der Waals surface area contributed by atoms with Crippen LogP contribution in [0.1, 0.15) is 60.1 Å².